The Bertz CT molecular complexity index is 578. The van der Waals surface area contributed by atoms with E-state index in [2.05, 4.69) is 76.2 Å². The van der Waals surface area contributed by atoms with Crippen molar-refractivity contribution in [2.75, 3.05) is 11.9 Å². The van der Waals surface area contributed by atoms with Gasteiger partial charge in [0.05, 0.1) is 11.9 Å². The van der Waals surface area contributed by atoms with Crippen LogP contribution in [0.2, 0.25) is 0 Å². The number of rotatable bonds is 5. The van der Waals surface area contributed by atoms with E-state index in [1.54, 1.807) is 6.20 Å². The molecule has 1 heterocycles. The summed E-state index contributed by atoms with van der Waals surface area (Å²) in [7, 11) is 0. The number of nitrogens with one attached hydrogen (secondary N) is 2. The van der Waals surface area contributed by atoms with E-state index >= 15 is 0 Å². The Balaban J connectivity index is 1.84. The summed E-state index contributed by atoms with van der Waals surface area (Å²) in [6, 6.07) is 21.1. The molecule has 0 amide bonds. The third-order valence-electron chi connectivity index (χ3n) is 3.41. The Kier molecular flexibility index (Phi) is 3.78. The van der Waals surface area contributed by atoms with Gasteiger partial charge in [-0.05, 0) is 11.1 Å². The van der Waals surface area contributed by atoms with Crippen molar-refractivity contribution < 1.29 is 0 Å². The molecule has 3 aromatic rings. The molecule has 2 aromatic carbocycles. The number of benzene rings is 2. The monoisotopic (exact) mass is 263 g/mol. The molecule has 2 N–H and O–H groups in total. The van der Waals surface area contributed by atoms with Crippen LogP contribution < -0.4 is 5.32 Å². The first-order chi connectivity index (χ1) is 9.93. The highest BCUT2D eigenvalue weighted by Crippen LogP contribution is 2.24. The second-order valence-electron chi connectivity index (χ2n) is 4.74. The highest BCUT2D eigenvalue weighted by molar-refractivity contribution is 5.41. The molecule has 0 atom stereocenters. The molecule has 0 aliphatic carbocycles. The second-order valence-corrected chi connectivity index (χ2v) is 4.74. The van der Waals surface area contributed by atoms with Crippen LogP contribution in [0.5, 0.6) is 0 Å². The molecule has 0 fully saturated rings. The summed E-state index contributed by atoms with van der Waals surface area (Å²) in [5, 5.41) is 10.2. The number of aromatic nitrogens is 2. The van der Waals surface area contributed by atoms with Gasteiger partial charge in [-0.25, -0.2) is 0 Å². The average Bonchev–Trinajstić information content (AvgIpc) is 3.03. The van der Waals surface area contributed by atoms with Crippen LogP contribution in [0.3, 0.4) is 0 Å². The van der Waals surface area contributed by atoms with Crippen LogP contribution in [0.4, 0.5) is 5.69 Å². The third kappa shape index (κ3) is 2.88. The molecule has 0 bridgehead atoms. The molecule has 0 aliphatic heterocycles. The van der Waals surface area contributed by atoms with Crippen molar-refractivity contribution in [3.8, 4) is 0 Å². The van der Waals surface area contributed by atoms with Crippen LogP contribution in [0.1, 0.15) is 17.0 Å². The number of aromatic amines is 1. The zero-order chi connectivity index (χ0) is 13.6. The number of hydrogen-bond donors (Lipinski definition) is 2. The molecule has 0 spiro atoms. The largest absolute Gasteiger partial charge is 0.382 e. The zero-order valence-electron chi connectivity index (χ0n) is 11.2. The number of nitrogens with zero attached hydrogens (tertiary/aromatic N) is 1. The second kappa shape index (κ2) is 6.06. The van der Waals surface area contributed by atoms with E-state index in [0.717, 1.165) is 12.2 Å². The minimum absolute atomic E-state index is 0.326. The van der Waals surface area contributed by atoms with E-state index in [0.29, 0.717) is 5.92 Å². The summed E-state index contributed by atoms with van der Waals surface area (Å²) in [5.41, 5.74) is 3.64. The van der Waals surface area contributed by atoms with E-state index in [-0.39, 0.29) is 0 Å². The van der Waals surface area contributed by atoms with E-state index in [4.69, 9.17) is 0 Å². The van der Waals surface area contributed by atoms with Crippen LogP contribution in [0.15, 0.2) is 73.1 Å². The van der Waals surface area contributed by atoms with Gasteiger partial charge in [0.1, 0.15) is 0 Å². The number of hydrogen-bond acceptors (Lipinski definition) is 2. The van der Waals surface area contributed by atoms with Crippen LogP contribution >= 0.6 is 0 Å². The lowest BCUT2D eigenvalue weighted by molar-refractivity contribution is 0.853. The Morgan fingerprint density at radius 1 is 0.900 bits per heavy atom. The molecule has 3 rings (SSSR count). The van der Waals surface area contributed by atoms with Crippen molar-refractivity contribution in [1.29, 1.82) is 0 Å². The minimum Gasteiger partial charge on any atom is -0.382 e. The number of H-pyrrole nitrogens is 1. The molecule has 100 valence electrons. The van der Waals surface area contributed by atoms with Gasteiger partial charge in [0.2, 0.25) is 0 Å². The quantitative estimate of drug-likeness (QED) is 0.737. The molecule has 20 heavy (non-hydrogen) atoms. The summed E-state index contributed by atoms with van der Waals surface area (Å²) in [6.07, 6.45) is 3.67. The Morgan fingerprint density at radius 3 is 2.00 bits per heavy atom. The van der Waals surface area contributed by atoms with Crippen molar-refractivity contribution >= 4 is 5.69 Å². The van der Waals surface area contributed by atoms with Crippen molar-refractivity contribution in [3.63, 3.8) is 0 Å². The van der Waals surface area contributed by atoms with E-state index in [9.17, 15) is 0 Å². The van der Waals surface area contributed by atoms with Crippen LogP contribution in [-0.2, 0) is 0 Å². The van der Waals surface area contributed by atoms with Gasteiger partial charge < -0.3 is 5.32 Å². The molecular formula is C17H17N3. The first-order valence-corrected chi connectivity index (χ1v) is 6.76. The first-order valence-electron chi connectivity index (χ1n) is 6.76. The summed E-state index contributed by atoms with van der Waals surface area (Å²) in [6.45, 7) is 0.841. The molecule has 1 aromatic heterocycles. The lowest BCUT2D eigenvalue weighted by atomic mass is 9.91. The summed E-state index contributed by atoms with van der Waals surface area (Å²) >= 11 is 0. The summed E-state index contributed by atoms with van der Waals surface area (Å²) in [5.74, 6) is 0.326. The fourth-order valence-electron chi connectivity index (χ4n) is 2.37. The van der Waals surface area contributed by atoms with Crippen LogP contribution in [0.25, 0.3) is 0 Å². The fraction of sp³-hybridized carbons (Fsp3) is 0.118. The van der Waals surface area contributed by atoms with Gasteiger partial charge in [-0.1, -0.05) is 60.7 Å². The highest BCUT2D eigenvalue weighted by Gasteiger charge is 2.13. The average molecular weight is 263 g/mol. The first kappa shape index (κ1) is 12.5. The Morgan fingerprint density at radius 2 is 1.50 bits per heavy atom. The normalized spacial score (nSPS) is 10.7. The summed E-state index contributed by atoms with van der Waals surface area (Å²) < 4.78 is 0. The van der Waals surface area contributed by atoms with Gasteiger partial charge in [-0.3, -0.25) is 5.10 Å². The predicted molar refractivity (Wildman–Crippen MR) is 81.8 cm³/mol. The third-order valence-corrected chi connectivity index (χ3v) is 3.41. The van der Waals surface area contributed by atoms with Crippen molar-refractivity contribution in [2.45, 2.75) is 5.92 Å². The Labute approximate surface area is 118 Å². The molecule has 3 nitrogen and oxygen atoms in total. The molecule has 3 heteroatoms. The van der Waals surface area contributed by atoms with Crippen molar-refractivity contribution in [1.82, 2.24) is 10.2 Å². The zero-order valence-corrected chi connectivity index (χ0v) is 11.2. The van der Waals surface area contributed by atoms with E-state index < -0.39 is 0 Å². The SMILES string of the molecule is c1ccc(C(CNc2cn[nH]c2)c2ccccc2)cc1. The predicted octanol–water partition coefficient (Wildman–Crippen LogP) is 3.65. The van der Waals surface area contributed by atoms with Crippen molar-refractivity contribution in [2.24, 2.45) is 0 Å². The van der Waals surface area contributed by atoms with Crippen LogP contribution in [0, 0.1) is 0 Å². The maximum absolute atomic E-state index is 3.96. The van der Waals surface area contributed by atoms with Gasteiger partial charge in [-0.15, -0.1) is 0 Å². The van der Waals surface area contributed by atoms with Gasteiger partial charge in [0, 0.05) is 18.7 Å². The lowest BCUT2D eigenvalue weighted by Crippen LogP contribution is -2.13. The standard InChI is InChI=1S/C17H17N3/c1-3-7-14(8-4-1)17(15-9-5-2-6-10-15)13-18-16-11-19-20-12-16/h1-12,17-18H,13H2,(H,19,20). The van der Waals surface area contributed by atoms with Gasteiger partial charge in [0.25, 0.3) is 0 Å². The maximum atomic E-state index is 3.96. The van der Waals surface area contributed by atoms with Gasteiger partial charge >= 0.3 is 0 Å². The molecule has 0 radical (unpaired) electrons. The molecular weight excluding hydrogens is 246 g/mol. The topological polar surface area (TPSA) is 40.7 Å². The lowest BCUT2D eigenvalue weighted by Gasteiger charge is -2.18. The molecule has 0 saturated carbocycles. The van der Waals surface area contributed by atoms with Crippen LogP contribution in [-0.4, -0.2) is 16.7 Å². The molecule has 0 unspecified atom stereocenters. The smallest absolute Gasteiger partial charge is 0.0724 e. The van der Waals surface area contributed by atoms with Crippen molar-refractivity contribution in [3.05, 3.63) is 84.2 Å². The number of anilines is 1. The van der Waals surface area contributed by atoms with Gasteiger partial charge in [-0.2, -0.15) is 5.10 Å². The minimum atomic E-state index is 0.326. The highest BCUT2D eigenvalue weighted by atomic mass is 15.1. The Hall–Kier alpha value is -2.55. The van der Waals surface area contributed by atoms with Gasteiger partial charge in [0.15, 0.2) is 0 Å². The molecule has 0 aliphatic rings. The van der Waals surface area contributed by atoms with E-state index in [1.807, 2.05) is 6.20 Å². The maximum Gasteiger partial charge on any atom is 0.0724 e. The van der Waals surface area contributed by atoms with E-state index in [1.165, 1.54) is 11.1 Å². The fourth-order valence-corrected chi connectivity index (χ4v) is 2.37. The summed E-state index contributed by atoms with van der Waals surface area (Å²) in [4.78, 5) is 0. The molecule has 0 saturated heterocycles.